The number of fused-ring (bicyclic) bond motifs is 1. The van der Waals surface area contributed by atoms with E-state index in [1.54, 1.807) is 31.5 Å². The fourth-order valence-corrected chi connectivity index (χ4v) is 3.04. The summed E-state index contributed by atoms with van der Waals surface area (Å²) in [6.45, 7) is 0.740. The second-order valence-electron chi connectivity index (χ2n) is 6.68. The van der Waals surface area contributed by atoms with E-state index in [1.807, 2.05) is 24.3 Å². The van der Waals surface area contributed by atoms with Crippen LogP contribution in [0.4, 0.5) is 4.39 Å². The molecule has 0 spiro atoms. The lowest BCUT2D eigenvalue weighted by molar-refractivity contribution is -0.0437. The minimum atomic E-state index is -0.300. The zero-order valence-electron chi connectivity index (χ0n) is 16.3. The van der Waals surface area contributed by atoms with Crippen molar-refractivity contribution in [3.8, 4) is 11.4 Å². The number of hydrogen-bond acceptors (Lipinski definition) is 5. The van der Waals surface area contributed by atoms with Crippen molar-refractivity contribution in [3.63, 3.8) is 0 Å². The van der Waals surface area contributed by atoms with E-state index in [1.165, 1.54) is 22.8 Å². The molecule has 0 aliphatic carbocycles. The molecule has 2 heterocycles. The van der Waals surface area contributed by atoms with Crippen LogP contribution in [-0.2, 0) is 22.7 Å². The van der Waals surface area contributed by atoms with E-state index in [0.717, 1.165) is 10.9 Å². The number of benzene rings is 2. The highest BCUT2D eigenvalue weighted by Crippen LogP contribution is 2.23. The minimum absolute atomic E-state index is 0.188. The van der Waals surface area contributed by atoms with Crippen LogP contribution in [0.3, 0.4) is 0 Å². The molecule has 0 amide bonds. The van der Waals surface area contributed by atoms with Crippen molar-refractivity contribution in [2.24, 2.45) is 0 Å². The Hall–Kier alpha value is -3.42. The number of ether oxygens (including phenoxy) is 3. The summed E-state index contributed by atoms with van der Waals surface area (Å²) in [4.78, 5) is 12.6. The van der Waals surface area contributed by atoms with E-state index < -0.39 is 0 Å². The van der Waals surface area contributed by atoms with Gasteiger partial charge in [-0.2, -0.15) is 0 Å². The highest BCUT2D eigenvalue weighted by Gasteiger charge is 2.08. The fraction of sp³-hybridized carbons (Fsp3) is 0.174. The number of rotatable bonds is 8. The largest absolute Gasteiger partial charge is 0.489 e. The maximum Gasteiger partial charge on any atom is 0.258 e. The molecule has 0 saturated carbocycles. The van der Waals surface area contributed by atoms with E-state index in [4.69, 9.17) is 18.6 Å². The second kappa shape index (κ2) is 8.94. The predicted molar refractivity (Wildman–Crippen MR) is 109 cm³/mol. The van der Waals surface area contributed by atoms with Gasteiger partial charge in [-0.05, 0) is 48.0 Å². The molecule has 2 aromatic heterocycles. The van der Waals surface area contributed by atoms with Crippen LogP contribution in [-0.4, -0.2) is 18.5 Å². The van der Waals surface area contributed by atoms with Gasteiger partial charge in [-0.15, -0.1) is 0 Å². The van der Waals surface area contributed by atoms with Crippen LogP contribution in [0.15, 0.2) is 76.1 Å². The molecular weight excluding hydrogens is 389 g/mol. The topological polar surface area (TPSA) is 62.8 Å². The predicted octanol–water partition coefficient (Wildman–Crippen LogP) is 4.42. The zero-order valence-corrected chi connectivity index (χ0v) is 16.3. The number of nitrogens with zero attached hydrogens (tertiary/aromatic N) is 1. The lowest BCUT2D eigenvalue weighted by atomic mass is 10.2. The van der Waals surface area contributed by atoms with Crippen LogP contribution in [0.25, 0.3) is 16.7 Å². The summed E-state index contributed by atoms with van der Waals surface area (Å²) < 4.78 is 36.0. The number of halogens is 1. The van der Waals surface area contributed by atoms with Crippen LogP contribution < -0.4 is 10.3 Å². The summed E-state index contributed by atoms with van der Waals surface area (Å²) in [5.74, 6) is 0.823. The van der Waals surface area contributed by atoms with Gasteiger partial charge in [0.2, 0.25) is 0 Å². The molecule has 0 unspecified atom stereocenters. The van der Waals surface area contributed by atoms with Gasteiger partial charge in [0.05, 0.1) is 0 Å². The maximum atomic E-state index is 13.0. The summed E-state index contributed by atoms with van der Waals surface area (Å²) >= 11 is 0. The molecule has 154 valence electrons. The highest BCUT2D eigenvalue weighted by atomic mass is 19.1. The van der Waals surface area contributed by atoms with Crippen molar-refractivity contribution >= 4 is 11.0 Å². The van der Waals surface area contributed by atoms with Crippen molar-refractivity contribution in [3.05, 3.63) is 94.4 Å². The molecule has 2 aromatic carbocycles. The normalized spacial score (nSPS) is 11.1. The third-order valence-corrected chi connectivity index (χ3v) is 4.48. The van der Waals surface area contributed by atoms with Crippen molar-refractivity contribution < 1.29 is 23.0 Å². The van der Waals surface area contributed by atoms with Gasteiger partial charge in [0.25, 0.3) is 5.56 Å². The Kier molecular flexibility index (Phi) is 5.92. The molecule has 30 heavy (non-hydrogen) atoms. The number of aromatic nitrogens is 1. The first-order valence-electron chi connectivity index (χ1n) is 9.32. The van der Waals surface area contributed by atoms with E-state index >= 15 is 0 Å². The summed E-state index contributed by atoms with van der Waals surface area (Å²) in [6, 6.07) is 16.6. The maximum absolute atomic E-state index is 13.0. The van der Waals surface area contributed by atoms with Crippen molar-refractivity contribution in [2.45, 2.75) is 13.2 Å². The number of furan rings is 1. The standard InChI is InChI=1S/C23H20FNO5/c1-27-15-28-14-21-11-17-10-19(6-7-22(17)30-21)25-9-8-20(12-23(25)26)29-13-16-2-4-18(24)5-3-16/h2-12H,13-15H2,1H3. The molecule has 0 saturated heterocycles. The Morgan fingerprint density at radius 2 is 1.83 bits per heavy atom. The lowest BCUT2D eigenvalue weighted by Crippen LogP contribution is -2.16. The SMILES string of the molecule is COCOCc1cc2cc(-n3ccc(OCc4ccc(F)cc4)cc3=O)ccc2o1. The van der Waals surface area contributed by atoms with Gasteiger partial charge in [0.15, 0.2) is 0 Å². The monoisotopic (exact) mass is 409 g/mol. The van der Waals surface area contributed by atoms with Crippen molar-refractivity contribution in [1.29, 1.82) is 0 Å². The smallest absolute Gasteiger partial charge is 0.258 e. The Morgan fingerprint density at radius 3 is 2.60 bits per heavy atom. The molecule has 6 nitrogen and oxygen atoms in total. The minimum Gasteiger partial charge on any atom is -0.489 e. The Balaban J connectivity index is 1.49. The molecule has 7 heteroatoms. The molecule has 0 aliphatic rings. The highest BCUT2D eigenvalue weighted by molar-refractivity contribution is 5.80. The Bertz CT molecular complexity index is 1200. The Labute approximate surface area is 172 Å². The van der Waals surface area contributed by atoms with E-state index in [9.17, 15) is 9.18 Å². The first-order valence-corrected chi connectivity index (χ1v) is 9.32. The van der Waals surface area contributed by atoms with Crippen LogP contribution in [0.1, 0.15) is 11.3 Å². The third kappa shape index (κ3) is 4.59. The molecule has 0 N–H and O–H groups in total. The molecule has 0 radical (unpaired) electrons. The van der Waals surface area contributed by atoms with Crippen molar-refractivity contribution in [1.82, 2.24) is 4.57 Å². The van der Waals surface area contributed by atoms with Crippen LogP contribution in [0.5, 0.6) is 5.75 Å². The van der Waals surface area contributed by atoms with E-state index in [-0.39, 0.29) is 24.8 Å². The molecule has 4 aromatic rings. The lowest BCUT2D eigenvalue weighted by Gasteiger charge is -2.09. The summed E-state index contributed by atoms with van der Waals surface area (Å²) in [6.07, 6.45) is 1.66. The molecule has 4 rings (SSSR count). The fourth-order valence-electron chi connectivity index (χ4n) is 3.04. The van der Waals surface area contributed by atoms with Gasteiger partial charge in [-0.3, -0.25) is 9.36 Å². The van der Waals surface area contributed by atoms with Crippen molar-refractivity contribution in [2.75, 3.05) is 13.9 Å². The van der Waals surface area contributed by atoms with Crippen LogP contribution in [0.2, 0.25) is 0 Å². The van der Waals surface area contributed by atoms with Gasteiger partial charge < -0.3 is 18.6 Å². The quantitative estimate of drug-likeness (QED) is 0.318. The van der Waals surface area contributed by atoms with E-state index in [0.29, 0.717) is 29.4 Å². The van der Waals surface area contributed by atoms with Gasteiger partial charge in [-0.1, -0.05) is 12.1 Å². The molecular formula is C23H20FNO5. The van der Waals surface area contributed by atoms with Gasteiger partial charge in [0, 0.05) is 30.4 Å². The van der Waals surface area contributed by atoms with Gasteiger partial charge in [-0.25, -0.2) is 4.39 Å². The first-order chi connectivity index (χ1) is 14.6. The van der Waals surface area contributed by atoms with Crippen LogP contribution in [0, 0.1) is 5.82 Å². The third-order valence-electron chi connectivity index (χ3n) is 4.48. The second-order valence-corrected chi connectivity index (χ2v) is 6.68. The summed E-state index contributed by atoms with van der Waals surface area (Å²) in [5, 5.41) is 0.868. The summed E-state index contributed by atoms with van der Waals surface area (Å²) in [5.41, 5.74) is 2.01. The molecule has 0 atom stereocenters. The van der Waals surface area contributed by atoms with E-state index in [2.05, 4.69) is 0 Å². The van der Waals surface area contributed by atoms with Gasteiger partial charge in [0.1, 0.15) is 42.9 Å². The number of pyridine rings is 1. The summed E-state index contributed by atoms with van der Waals surface area (Å²) in [7, 11) is 1.56. The van der Waals surface area contributed by atoms with Gasteiger partial charge >= 0.3 is 0 Å². The Morgan fingerprint density at radius 1 is 1.00 bits per heavy atom. The molecule has 0 bridgehead atoms. The van der Waals surface area contributed by atoms with Crippen LogP contribution >= 0.6 is 0 Å². The number of hydrogen-bond donors (Lipinski definition) is 0. The average Bonchev–Trinajstić information content (AvgIpc) is 3.15. The zero-order chi connectivity index (χ0) is 20.9. The molecule has 0 fully saturated rings. The molecule has 0 aliphatic heterocycles. The average molecular weight is 409 g/mol. The first kappa shape index (κ1) is 19.9. The number of methoxy groups -OCH3 is 1.